The minimum Gasteiger partial charge on any atom is -0.496 e. The first-order chi connectivity index (χ1) is 10.6. The Labute approximate surface area is 136 Å². The van der Waals surface area contributed by atoms with E-state index in [2.05, 4.69) is 4.98 Å². The zero-order valence-corrected chi connectivity index (χ0v) is 13.8. The van der Waals surface area contributed by atoms with Crippen LogP contribution in [0.2, 0.25) is 0 Å². The Bertz CT molecular complexity index is 766. The molecule has 3 rings (SSSR count). The van der Waals surface area contributed by atoms with Crippen LogP contribution in [0.1, 0.15) is 22.1 Å². The van der Waals surface area contributed by atoms with Crippen molar-refractivity contribution in [2.45, 2.75) is 12.8 Å². The standard InChI is InChI=1S/C16H14N2O2S2/c1-9-7-10(3-4-11(9)20-2)8-12-14(19)13(15(17)22-12)16-18-5-6-21-16/h3-8,13,17H,1-2H3/b12-8-,17-15?/t13-/m1/s1. The molecule has 112 valence electrons. The fraction of sp³-hybridized carbons (Fsp3) is 0.188. The van der Waals surface area contributed by atoms with Crippen molar-refractivity contribution < 1.29 is 9.53 Å². The fourth-order valence-electron chi connectivity index (χ4n) is 2.33. The highest BCUT2D eigenvalue weighted by Crippen LogP contribution is 2.41. The summed E-state index contributed by atoms with van der Waals surface area (Å²) in [6, 6.07) is 5.77. The minimum absolute atomic E-state index is 0.0431. The second-order valence-corrected chi connectivity index (χ2v) is 6.88. The van der Waals surface area contributed by atoms with Crippen LogP contribution in [0.4, 0.5) is 0 Å². The van der Waals surface area contributed by atoms with Gasteiger partial charge in [-0.3, -0.25) is 10.2 Å². The van der Waals surface area contributed by atoms with E-state index in [1.165, 1.54) is 23.1 Å². The zero-order valence-electron chi connectivity index (χ0n) is 12.1. The molecule has 2 aromatic rings. The number of benzene rings is 1. The molecule has 4 nitrogen and oxygen atoms in total. The van der Waals surface area contributed by atoms with E-state index < -0.39 is 5.92 Å². The summed E-state index contributed by atoms with van der Waals surface area (Å²) in [6.45, 7) is 1.96. The highest BCUT2D eigenvalue weighted by Gasteiger charge is 2.38. The lowest BCUT2D eigenvalue weighted by atomic mass is 10.0. The molecule has 22 heavy (non-hydrogen) atoms. The van der Waals surface area contributed by atoms with Crippen LogP contribution < -0.4 is 4.74 Å². The van der Waals surface area contributed by atoms with E-state index in [9.17, 15) is 4.79 Å². The number of ketones is 1. The predicted molar refractivity (Wildman–Crippen MR) is 90.9 cm³/mol. The number of ether oxygens (including phenoxy) is 1. The summed E-state index contributed by atoms with van der Waals surface area (Å²) in [5.74, 6) is 0.245. The minimum atomic E-state index is -0.532. The molecule has 2 heterocycles. The van der Waals surface area contributed by atoms with Gasteiger partial charge in [0.05, 0.1) is 17.1 Å². The molecule has 1 saturated heterocycles. The average molecular weight is 330 g/mol. The molecule has 0 spiro atoms. The molecule has 0 radical (unpaired) electrons. The van der Waals surface area contributed by atoms with Gasteiger partial charge in [-0.2, -0.15) is 0 Å². The summed E-state index contributed by atoms with van der Waals surface area (Å²) in [5, 5.41) is 10.9. The number of thiazole rings is 1. The molecule has 0 amide bonds. The van der Waals surface area contributed by atoms with Gasteiger partial charge < -0.3 is 4.74 Å². The Morgan fingerprint density at radius 2 is 2.23 bits per heavy atom. The lowest BCUT2D eigenvalue weighted by molar-refractivity contribution is -0.114. The smallest absolute Gasteiger partial charge is 0.186 e. The monoisotopic (exact) mass is 330 g/mol. The van der Waals surface area contributed by atoms with Crippen LogP contribution in [0.25, 0.3) is 6.08 Å². The van der Waals surface area contributed by atoms with E-state index >= 15 is 0 Å². The maximum atomic E-state index is 12.5. The summed E-state index contributed by atoms with van der Waals surface area (Å²) in [4.78, 5) is 17.3. The third-order valence-electron chi connectivity index (χ3n) is 3.40. The zero-order chi connectivity index (χ0) is 15.7. The highest BCUT2D eigenvalue weighted by atomic mass is 32.2. The van der Waals surface area contributed by atoms with E-state index in [1.54, 1.807) is 13.3 Å². The second kappa shape index (κ2) is 6.06. The van der Waals surface area contributed by atoms with Gasteiger partial charge in [0.25, 0.3) is 0 Å². The number of thioether (sulfide) groups is 1. The topological polar surface area (TPSA) is 63.0 Å². The van der Waals surface area contributed by atoms with Crippen molar-refractivity contribution in [1.82, 2.24) is 4.98 Å². The number of hydrogen-bond donors (Lipinski definition) is 1. The number of Topliss-reactive ketones (excluding diaryl/α,β-unsaturated/α-hetero) is 1. The van der Waals surface area contributed by atoms with Gasteiger partial charge in [-0.15, -0.1) is 11.3 Å². The molecule has 0 unspecified atom stereocenters. The van der Waals surface area contributed by atoms with Crippen molar-refractivity contribution in [2.24, 2.45) is 0 Å². The Kier molecular flexibility index (Phi) is 4.13. The first kappa shape index (κ1) is 15.0. The molecule has 1 N–H and O–H groups in total. The molecule has 1 aliphatic heterocycles. The van der Waals surface area contributed by atoms with Crippen LogP contribution in [-0.2, 0) is 4.79 Å². The second-order valence-electron chi connectivity index (χ2n) is 4.87. The van der Waals surface area contributed by atoms with Gasteiger partial charge in [-0.1, -0.05) is 17.8 Å². The summed E-state index contributed by atoms with van der Waals surface area (Å²) in [7, 11) is 1.64. The number of methoxy groups -OCH3 is 1. The van der Waals surface area contributed by atoms with Crippen LogP contribution in [0.3, 0.4) is 0 Å². The molecular weight excluding hydrogens is 316 g/mol. The van der Waals surface area contributed by atoms with Crippen LogP contribution >= 0.6 is 23.1 Å². The van der Waals surface area contributed by atoms with Crippen LogP contribution in [-0.4, -0.2) is 22.9 Å². The van der Waals surface area contributed by atoms with E-state index in [0.29, 0.717) is 15.0 Å². The molecule has 1 aliphatic rings. The van der Waals surface area contributed by atoms with Gasteiger partial charge in [0.2, 0.25) is 0 Å². The van der Waals surface area contributed by atoms with Crippen molar-refractivity contribution in [1.29, 1.82) is 5.41 Å². The number of aromatic nitrogens is 1. The van der Waals surface area contributed by atoms with E-state index in [-0.39, 0.29) is 5.78 Å². The average Bonchev–Trinajstić information content (AvgIpc) is 3.08. The van der Waals surface area contributed by atoms with Crippen molar-refractivity contribution in [3.05, 3.63) is 50.8 Å². The lowest BCUT2D eigenvalue weighted by Gasteiger charge is -2.05. The molecular formula is C16H14N2O2S2. The van der Waals surface area contributed by atoms with E-state index in [4.69, 9.17) is 10.1 Å². The van der Waals surface area contributed by atoms with Crippen molar-refractivity contribution >= 4 is 40.0 Å². The Morgan fingerprint density at radius 3 is 2.86 bits per heavy atom. The number of allylic oxidation sites excluding steroid dienone is 1. The maximum absolute atomic E-state index is 12.5. The van der Waals surface area contributed by atoms with Crippen LogP contribution in [0.15, 0.2) is 34.7 Å². The Morgan fingerprint density at radius 1 is 1.41 bits per heavy atom. The quantitative estimate of drug-likeness (QED) is 0.868. The summed E-state index contributed by atoms with van der Waals surface area (Å²) in [5.41, 5.74) is 1.94. The molecule has 6 heteroatoms. The molecule has 1 aromatic heterocycles. The van der Waals surface area contributed by atoms with E-state index in [1.807, 2.05) is 36.6 Å². The lowest BCUT2D eigenvalue weighted by Crippen LogP contribution is -2.11. The van der Waals surface area contributed by atoms with Crippen molar-refractivity contribution in [3.63, 3.8) is 0 Å². The first-order valence-corrected chi connectivity index (χ1v) is 8.36. The number of aryl methyl sites for hydroxylation is 1. The van der Waals surface area contributed by atoms with Crippen molar-refractivity contribution in [3.8, 4) is 5.75 Å². The van der Waals surface area contributed by atoms with Crippen LogP contribution in [0, 0.1) is 12.3 Å². The number of nitrogens with zero attached hydrogens (tertiary/aromatic N) is 1. The number of nitrogens with one attached hydrogen (secondary N) is 1. The van der Waals surface area contributed by atoms with Gasteiger partial charge in [-0.25, -0.2) is 4.98 Å². The first-order valence-electron chi connectivity index (χ1n) is 6.66. The largest absolute Gasteiger partial charge is 0.496 e. The SMILES string of the molecule is COc1ccc(/C=C2\SC(=N)[C@H](c3nccs3)C2=O)cc1C. The summed E-state index contributed by atoms with van der Waals surface area (Å²) < 4.78 is 5.24. The Hall–Kier alpha value is -1.92. The summed E-state index contributed by atoms with van der Waals surface area (Å²) >= 11 is 2.63. The number of carbonyl (C=O) groups is 1. The predicted octanol–water partition coefficient (Wildman–Crippen LogP) is 3.88. The number of carbonyl (C=O) groups excluding carboxylic acids is 1. The molecule has 1 aromatic carbocycles. The molecule has 0 saturated carbocycles. The summed E-state index contributed by atoms with van der Waals surface area (Å²) in [6.07, 6.45) is 3.50. The number of hydrogen-bond acceptors (Lipinski definition) is 6. The third-order valence-corrected chi connectivity index (χ3v) is 5.24. The van der Waals surface area contributed by atoms with Crippen LogP contribution in [0.5, 0.6) is 5.75 Å². The van der Waals surface area contributed by atoms with Crippen molar-refractivity contribution in [2.75, 3.05) is 7.11 Å². The maximum Gasteiger partial charge on any atom is 0.186 e. The molecule has 1 fully saturated rings. The Balaban J connectivity index is 1.91. The van der Waals surface area contributed by atoms with E-state index in [0.717, 1.165) is 16.9 Å². The van der Waals surface area contributed by atoms with Gasteiger partial charge in [0, 0.05) is 11.6 Å². The van der Waals surface area contributed by atoms with Gasteiger partial charge >= 0.3 is 0 Å². The van der Waals surface area contributed by atoms with Gasteiger partial charge in [0.15, 0.2) is 5.78 Å². The third kappa shape index (κ3) is 2.71. The molecule has 1 atom stereocenters. The number of rotatable bonds is 3. The fourth-order valence-corrected chi connectivity index (χ4v) is 4.14. The van der Waals surface area contributed by atoms with Gasteiger partial charge in [-0.05, 0) is 36.3 Å². The molecule has 0 aliphatic carbocycles. The highest BCUT2D eigenvalue weighted by molar-refractivity contribution is 8.19. The normalized spacial score (nSPS) is 19.9. The molecule has 0 bridgehead atoms. The van der Waals surface area contributed by atoms with Gasteiger partial charge in [0.1, 0.15) is 16.7 Å².